The molecule has 17 heavy (non-hydrogen) atoms. The fraction of sp³-hybridized carbons (Fsp3) is 0.364. The van der Waals surface area contributed by atoms with Crippen LogP contribution in [0, 0.1) is 13.8 Å². The molecule has 0 saturated carbocycles. The van der Waals surface area contributed by atoms with E-state index in [9.17, 15) is 0 Å². The number of nitrogens with zero attached hydrogens (tertiary/aromatic N) is 3. The summed E-state index contributed by atoms with van der Waals surface area (Å²) in [6.07, 6.45) is 3.51. The molecule has 2 rings (SSSR count). The summed E-state index contributed by atoms with van der Waals surface area (Å²) >= 11 is 6.01. The Morgan fingerprint density at radius 1 is 1.35 bits per heavy atom. The van der Waals surface area contributed by atoms with E-state index in [0.29, 0.717) is 11.0 Å². The van der Waals surface area contributed by atoms with Crippen LogP contribution in [-0.4, -0.2) is 19.9 Å². The summed E-state index contributed by atoms with van der Waals surface area (Å²) in [6, 6.07) is 0.0362. The lowest BCUT2D eigenvalue weighted by atomic mass is 10.3. The topological polar surface area (TPSA) is 66.5 Å². The molecule has 0 fully saturated rings. The molecular formula is C11H14ClN5. The molecule has 6 heteroatoms. The molecule has 2 aromatic heterocycles. The quantitative estimate of drug-likeness (QED) is 0.823. The average Bonchev–Trinajstić information content (AvgIpc) is 2.78. The first-order valence-corrected chi connectivity index (χ1v) is 5.72. The van der Waals surface area contributed by atoms with E-state index in [0.717, 1.165) is 17.2 Å². The third-order valence-corrected chi connectivity index (χ3v) is 2.85. The second-order valence-electron chi connectivity index (χ2n) is 3.88. The maximum absolute atomic E-state index is 6.01. The highest BCUT2D eigenvalue weighted by Crippen LogP contribution is 2.22. The minimum Gasteiger partial charge on any atom is -0.360 e. The molecule has 5 nitrogen and oxygen atoms in total. The van der Waals surface area contributed by atoms with Crippen molar-refractivity contribution in [2.24, 2.45) is 0 Å². The van der Waals surface area contributed by atoms with Crippen LogP contribution in [0.2, 0.25) is 5.15 Å². The molecule has 0 aromatic carbocycles. The van der Waals surface area contributed by atoms with Gasteiger partial charge in [0, 0.05) is 18.0 Å². The summed E-state index contributed by atoms with van der Waals surface area (Å²) in [5.41, 5.74) is 0.843. The number of aryl methyl sites for hydroxylation is 1. The number of nitrogens with one attached hydrogen (secondary N) is 2. The number of imidazole rings is 1. The molecule has 2 N–H and O–H groups in total. The Balaban J connectivity index is 2.24. The monoisotopic (exact) mass is 251 g/mol. The van der Waals surface area contributed by atoms with Gasteiger partial charge in [0.2, 0.25) is 0 Å². The van der Waals surface area contributed by atoms with E-state index in [4.69, 9.17) is 11.6 Å². The lowest BCUT2D eigenvalue weighted by molar-refractivity contribution is 0.798. The highest BCUT2D eigenvalue weighted by molar-refractivity contribution is 6.30. The second kappa shape index (κ2) is 4.71. The Morgan fingerprint density at radius 3 is 2.76 bits per heavy atom. The van der Waals surface area contributed by atoms with Crippen LogP contribution in [0.3, 0.4) is 0 Å². The zero-order chi connectivity index (χ0) is 12.4. The van der Waals surface area contributed by atoms with Gasteiger partial charge in [-0.05, 0) is 20.8 Å². The fourth-order valence-corrected chi connectivity index (χ4v) is 1.73. The molecule has 0 aliphatic carbocycles. The number of aromatic amines is 1. The van der Waals surface area contributed by atoms with Crippen LogP contribution in [0.15, 0.2) is 12.4 Å². The van der Waals surface area contributed by atoms with Gasteiger partial charge >= 0.3 is 0 Å². The van der Waals surface area contributed by atoms with Crippen molar-refractivity contribution in [3.05, 3.63) is 34.8 Å². The molecule has 90 valence electrons. The minimum atomic E-state index is 0.0362. The summed E-state index contributed by atoms with van der Waals surface area (Å²) in [6.45, 7) is 5.71. The predicted molar refractivity (Wildman–Crippen MR) is 67.1 cm³/mol. The van der Waals surface area contributed by atoms with Crippen LogP contribution >= 0.6 is 11.6 Å². The van der Waals surface area contributed by atoms with E-state index in [1.165, 1.54) is 0 Å². The summed E-state index contributed by atoms with van der Waals surface area (Å²) in [7, 11) is 0. The lowest BCUT2D eigenvalue weighted by Gasteiger charge is -2.14. The Labute approximate surface area is 105 Å². The van der Waals surface area contributed by atoms with Crippen LogP contribution in [0.5, 0.6) is 0 Å². The highest BCUT2D eigenvalue weighted by Gasteiger charge is 2.12. The Hall–Kier alpha value is -1.62. The van der Waals surface area contributed by atoms with Crippen LogP contribution in [0.1, 0.15) is 30.2 Å². The number of aromatic nitrogens is 4. The van der Waals surface area contributed by atoms with Gasteiger partial charge in [-0.3, -0.25) is 0 Å². The van der Waals surface area contributed by atoms with Crippen molar-refractivity contribution < 1.29 is 0 Å². The molecule has 1 atom stereocenters. The highest BCUT2D eigenvalue weighted by atomic mass is 35.5. The van der Waals surface area contributed by atoms with E-state index in [-0.39, 0.29) is 6.04 Å². The maximum atomic E-state index is 6.01. The first-order chi connectivity index (χ1) is 8.08. The first kappa shape index (κ1) is 11.9. The fourth-order valence-electron chi connectivity index (χ4n) is 1.52. The lowest BCUT2D eigenvalue weighted by Crippen LogP contribution is -2.12. The van der Waals surface area contributed by atoms with E-state index >= 15 is 0 Å². The van der Waals surface area contributed by atoms with Crippen molar-refractivity contribution in [3.63, 3.8) is 0 Å². The van der Waals surface area contributed by atoms with Gasteiger partial charge in [0.05, 0.1) is 6.04 Å². The van der Waals surface area contributed by atoms with Gasteiger partial charge in [-0.2, -0.15) is 0 Å². The number of H-pyrrole nitrogens is 1. The van der Waals surface area contributed by atoms with E-state index in [1.807, 2.05) is 20.8 Å². The van der Waals surface area contributed by atoms with Gasteiger partial charge in [-0.25, -0.2) is 15.0 Å². The SMILES string of the molecule is Cc1nc(Cl)c(C)c(NC(C)c2ncc[nH]2)n1. The second-order valence-corrected chi connectivity index (χ2v) is 4.23. The summed E-state index contributed by atoms with van der Waals surface area (Å²) in [5.74, 6) is 2.25. The molecule has 0 spiro atoms. The number of hydrogen-bond donors (Lipinski definition) is 2. The van der Waals surface area contributed by atoms with Gasteiger partial charge in [-0.1, -0.05) is 11.6 Å². The van der Waals surface area contributed by atoms with Crippen molar-refractivity contribution in [3.8, 4) is 0 Å². The van der Waals surface area contributed by atoms with Crippen molar-refractivity contribution in [1.82, 2.24) is 19.9 Å². The van der Waals surface area contributed by atoms with Gasteiger partial charge in [0.25, 0.3) is 0 Å². The van der Waals surface area contributed by atoms with Crippen molar-refractivity contribution >= 4 is 17.4 Å². The Kier molecular flexibility index (Phi) is 3.28. The largest absolute Gasteiger partial charge is 0.360 e. The van der Waals surface area contributed by atoms with Gasteiger partial charge in [0.1, 0.15) is 22.6 Å². The predicted octanol–water partition coefficient (Wildman–Crippen LogP) is 2.64. The third kappa shape index (κ3) is 2.55. The van der Waals surface area contributed by atoms with Crippen molar-refractivity contribution in [2.75, 3.05) is 5.32 Å². The zero-order valence-electron chi connectivity index (χ0n) is 9.95. The van der Waals surface area contributed by atoms with Crippen molar-refractivity contribution in [2.45, 2.75) is 26.8 Å². The van der Waals surface area contributed by atoms with E-state index < -0.39 is 0 Å². The molecule has 0 amide bonds. The number of rotatable bonds is 3. The van der Waals surface area contributed by atoms with E-state index in [2.05, 4.69) is 25.3 Å². The zero-order valence-corrected chi connectivity index (χ0v) is 10.7. The van der Waals surface area contributed by atoms with E-state index in [1.54, 1.807) is 12.4 Å². The first-order valence-electron chi connectivity index (χ1n) is 5.34. The molecule has 0 aliphatic heterocycles. The normalized spacial score (nSPS) is 12.5. The molecule has 0 saturated heterocycles. The van der Waals surface area contributed by atoms with Gasteiger partial charge in [0.15, 0.2) is 0 Å². The Bertz CT molecular complexity index is 509. The average molecular weight is 252 g/mol. The Morgan fingerprint density at radius 2 is 2.12 bits per heavy atom. The summed E-state index contributed by atoms with van der Waals surface area (Å²) in [4.78, 5) is 15.7. The summed E-state index contributed by atoms with van der Waals surface area (Å²) in [5, 5.41) is 3.74. The number of anilines is 1. The smallest absolute Gasteiger partial charge is 0.137 e. The molecule has 2 aromatic rings. The molecule has 0 radical (unpaired) electrons. The van der Waals surface area contributed by atoms with Crippen LogP contribution in [-0.2, 0) is 0 Å². The molecule has 0 bridgehead atoms. The molecule has 0 aliphatic rings. The van der Waals surface area contributed by atoms with Crippen molar-refractivity contribution in [1.29, 1.82) is 0 Å². The van der Waals surface area contributed by atoms with Gasteiger partial charge < -0.3 is 10.3 Å². The summed E-state index contributed by atoms with van der Waals surface area (Å²) < 4.78 is 0. The van der Waals surface area contributed by atoms with Crippen LogP contribution in [0.25, 0.3) is 0 Å². The van der Waals surface area contributed by atoms with Crippen LogP contribution < -0.4 is 5.32 Å². The number of hydrogen-bond acceptors (Lipinski definition) is 4. The molecule has 2 heterocycles. The van der Waals surface area contributed by atoms with Gasteiger partial charge in [-0.15, -0.1) is 0 Å². The minimum absolute atomic E-state index is 0.0362. The number of halogens is 1. The molecular weight excluding hydrogens is 238 g/mol. The maximum Gasteiger partial charge on any atom is 0.137 e. The van der Waals surface area contributed by atoms with Crippen LogP contribution in [0.4, 0.5) is 5.82 Å². The molecule has 1 unspecified atom stereocenters. The third-order valence-electron chi connectivity index (χ3n) is 2.48. The standard InChI is InChI=1S/C11H14ClN5/c1-6-9(12)16-8(3)17-10(6)15-7(2)11-13-4-5-14-11/h4-5,7H,1-3H3,(H,13,14)(H,15,16,17).